The highest BCUT2D eigenvalue weighted by atomic mass is 16.2. The smallest absolute Gasteiger partial charge is 0.239 e. The lowest BCUT2D eigenvalue weighted by atomic mass is 9.54. The van der Waals surface area contributed by atoms with Gasteiger partial charge < -0.3 is 10.2 Å². The summed E-state index contributed by atoms with van der Waals surface area (Å²) in [6.07, 6.45) is 10.5. The highest BCUT2D eigenvalue weighted by Crippen LogP contribution is 2.55. The molecule has 5 rings (SSSR count). The van der Waals surface area contributed by atoms with Crippen LogP contribution in [0.15, 0.2) is 0 Å². The first kappa shape index (κ1) is 13.1. The topological polar surface area (TPSA) is 32.3 Å². The first-order chi connectivity index (χ1) is 9.72. The fraction of sp³-hybridized carbons (Fsp3) is 0.941. The quantitative estimate of drug-likeness (QED) is 0.840. The number of carbonyl (C=O) groups excluding carboxylic acids is 1. The van der Waals surface area contributed by atoms with E-state index in [2.05, 4.69) is 17.3 Å². The summed E-state index contributed by atoms with van der Waals surface area (Å²) in [6, 6.07) is 0.657. The van der Waals surface area contributed by atoms with Crippen LogP contribution in [0.5, 0.6) is 0 Å². The monoisotopic (exact) mass is 276 g/mol. The third-order valence-corrected chi connectivity index (χ3v) is 6.58. The van der Waals surface area contributed by atoms with Crippen LogP contribution in [0.25, 0.3) is 0 Å². The van der Waals surface area contributed by atoms with Crippen LogP contribution in [0.2, 0.25) is 0 Å². The molecule has 5 fully saturated rings. The van der Waals surface area contributed by atoms with Crippen LogP contribution in [0.3, 0.4) is 0 Å². The number of rotatable bonds is 2. The summed E-state index contributed by atoms with van der Waals surface area (Å²) < 4.78 is 0. The Bertz CT molecular complexity index is 360. The molecule has 4 saturated carbocycles. The molecule has 1 heterocycles. The summed E-state index contributed by atoms with van der Waals surface area (Å²) in [4.78, 5) is 14.9. The SMILES string of the molecule is CN(C(=O)[C@@H]1CCCCN1)C1C2CC3CC(C2)CC1C3. The van der Waals surface area contributed by atoms with E-state index in [-0.39, 0.29) is 6.04 Å². The largest absolute Gasteiger partial charge is 0.341 e. The van der Waals surface area contributed by atoms with E-state index in [0.29, 0.717) is 11.9 Å². The van der Waals surface area contributed by atoms with Crippen molar-refractivity contribution in [1.82, 2.24) is 10.2 Å². The molecule has 4 bridgehead atoms. The fourth-order valence-corrected chi connectivity index (χ4v) is 5.98. The van der Waals surface area contributed by atoms with Crippen molar-refractivity contribution in [3.63, 3.8) is 0 Å². The molecule has 0 aromatic carbocycles. The van der Waals surface area contributed by atoms with Crippen molar-refractivity contribution in [3.8, 4) is 0 Å². The predicted octanol–water partition coefficient (Wildman–Crippen LogP) is 2.41. The van der Waals surface area contributed by atoms with E-state index in [1.54, 1.807) is 0 Å². The molecule has 4 aliphatic carbocycles. The highest BCUT2D eigenvalue weighted by molar-refractivity contribution is 5.82. The summed E-state index contributed by atoms with van der Waals surface area (Å²) in [6.45, 7) is 1.02. The Hall–Kier alpha value is -0.570. The number of hydrogen-bond acceptors (Lipinski definition) is 2. The maximum absolute atomic E-state index is 12.8. The molecule has 3 heteroatoms. The van der Waals surface area contributed by atoms with Crippen LogP contribution in [-0.4, -0.2) is 36.5 Å². The van der Waals surface area contributed by atoms with E-state index >= 15 is 0 Å². The van der Waals surface area contributed by atoms with Gasteiger partial charge in [-0.25, -0.2) is 0 Å². The van der Waals surface area contributed by atoms with E-state index in [1.807, 2.05) is 0 Å². The zero-order chi connectivity index (χ0) is 13.7. The lowest BCUT2D eigenvalue weighted by Gasteiger charge is -2.56. The molecular weight excluding hydrogens is 248 g/mol. The Morgan fingerprint density at radius 1 is 1.00 bits per heavy atom. The average Bonchev–Trinajstić information content (AvgIpc) is 2.46. The van der Waals surface area contributed by atoms with Crippen LogP contribution in [0.1, 0.15) is 51.4 Å². The number of amides is 1. The second-order valence-corrected chi connectivity index (χ2v) is 7.87. The zero-order valence-corrected chi connectivity index (χ0v) is 12.7. The minimum Gasteiger partial charge on any atom is -0.341 e. The Kier molecular flexibility index (Phi) is 3.29. The van der Waals surface area contributed by atoms with Gasteiger partial charge in [0.15, 0.2) is 0 Å². The van der Waals surface area contributed by atoms with Crippen molar-refractivity contribution >= 4 is 5.91 Å². The number of hydrogen-bond donors (Lipinski definition) is 1. The van der Waals surface area contributed by atoms with Crippen LogP contribution in [0.4, 0.5) is 0 Å². The van der Waals surface area contributed by atoms with Gasteiger partial charge in [0.2, 0.25) is 5.91 Å². The number of carbonyl (C=O) groups is 1. The van der Waals surface area contributed by atoms with Crippen molar-refractivity contribution in [1.29, 1.82) is 0 Å². The van der Waals surface area contributed by atoms with Gasteiger partial charge in [-0.1, -0.05) is 6.42 Å². The molecule has 0 aromatic rings. The molecule has 0 spiro atoms. The molecule has 1 atom stereocenters. The van der Waals surface area contributed by atoms with E-state index in [4.69, 9.17) is 0 Å². The molecule has 3 nitrogen and oxygen atoms in total. The van der Waals surface area contributed by atoms with Crippen molar-refractivity contribution < 1.29 is 4.79 Å². The minimum absolute atomic E-state index is 0.103. The lowest BCUT2D eigenvalue weighted by molar-refractivity contribution is -0.143. The second kappa shape index (κ2) is 5.01. The van der Waals surface area contributed by atoms with Gasteiger partial charge in [-0.15, -0.1) is 0 Å². The fourth-order valence-electron chi connectivity index (χ4n) is 5.98. The van der Waals surface area contributed by atoms with E-state index in [9.17, 15) is 4.79 Å². The molecule has 5 aliphatic rings. The van der Waals surface area contributed by atoms with Gasteiger partial charge in [0.25, 0.3) is 0 Å². The summed E-state index contributed by atoms with van der Waals surface area (Å²) >= 11 is 0. The van der Waals surface area contributed by atoms with E-state index in [0.717, 1.165) is 36.6 Å². The van der Waals surface area contributed by atoms with Crippen molar-refractivity contribution in [2.24, 2.45) is 23.7 Å². The molecule has 20 heavy (non-hydrogen) atoms. The van der Waals surface area contributed by atoms with E-state index in [1.165, 1.54) is 44.9 Å². The third-order valence-electron chi connectivity index (χ3n) is 6.58. The van der Waals surface area contributed by atoms with Gasteiger partial charge in [0, 0.05) is 13.1 Å². The van der Waals surface area contributed by atoms with Crippen LogP contribution >= 0.6 is 0 Å². The summed E-state index contributed by atoms with van der Waals surface area (Å²) in [5, 5.41) is 3.43. The number of likely N-dealkylation sites (N-methyl/N-ethyl adjacent to an activating group) is 1. The molecule has 1 aliphatic heterocycles. The maximum atomic E-state index is 12.8. The molecule has 1 saturated heterocycles. The van der Waals surface area contributed by atoms with Gasteiger partial charge in [-0.3, -0.25) is 4.79 Å². The second-order valence-electron chi connectivity index (χ2n) is 7.87. The maximum Gasteiger partial charge on any atom is 0.239 e. The van der Waals surface area contributed by atoms with Gasteiger partial charge in [0.05, 0.1) is 6.04 Å². The normalized spacial score (nSPS) is 46.5. The molecule has 0 radical (unpaired) electrons. The number of piperidine rings is 1. The average molecular weight is 276 g/mol. The highest BCUT2D eigenvalue weighted by Gasteiger charge is 2.50. The molecule has 0 aromatic heterocycles. The Morgan fingerprint density at radius 3 is 2.20 bits per heavy atom. The molecule has 1 N–H and O–H groups in total. The van der Waals surface area contributed by atoms with Gasteiger partial charge >= 0.3 is 0 Å². The Balaban J connectivity index is 1.47. The first-order valence-corrected chi connectivity index (χ1v) is 8.72. The lowest BCUT2D eigenvalue weighted by Crippen LogP contribution is -2.59. The standard InChI is InChI=1S/C17H28N2O/c1-19(17(20)15-4-2-3-5-18-15)16-13-7-11-6-12(9-13)10-14(16)8-11/h11-16,18H,2-10H2,1H3/t11?,12?,13?,14?,15-,16?/m0/s1. The minimum atomic E-state index is 0.103. The van der Waals surface area contributed by atoms with Crippen LogP contribution < -0.4 is 5.32 Å². The van der Waals surface area contributed by atoms with Crippen molar-refractivity contribution in [3.05, 3.63) is 0 Å². The summed E-state index contributed by atoms with van der Waals surface area (Å²) in [7, 11) is 2.09. The van der Waals surface area contributed by atoms with Gasteiger partial charge in [-0.05, 0) is 75.2 Å². The molecule has 0 unspecified atom stereocenters. The Morgan fingerprint density at radius 2 is 1.65 bits per heavy atom. The van der Waals surface area contributed by atoms with Gasteiger partial charge in [-0.2, -0.15) is 0 Å². The zero-order valence-electron chi connectivity index (χ0n) is 12.7. The van der Waals surface area contributed by atoms with Gasteiger partial charge in [0.1, 0.15) is 0 Å². The third kappa shape index (κ3) is 2.09. The van der Waals surface area contributed by atoms with Crippen LogP contribution in [-0.2, 0) is 4.79 Å². The predicted molar refractivity (Wildman–Crippen MR) is 79.2 cm³/mol. The molecule has 112 valence electrons. The summed E-state index contributed by atoms with van der Waals surface area (Å²) in [5.41, 5.74) is 0. The Labute approximate surface area is 122 Å². The van der Waals surface area contributed by atoms with E-state index < -0.39 is 0 Å². The first-order valence-electron chi connectivity index (χ1n) is 8.72. The molecule has 1 amide bonds. The van der Waals surface area contributed by atoms with Crippen molar-refractivity contribution in [2.75, 3.05) is 13.6 Å². The molecular formula is C17H28N2O. The number of nitrogens with zero attached hydrogens (tertiary/aromatic N) is 1. The number of nitrogens with one attached hydrogen (secondary N) is 1. The van der Waals surface area contributed by atoms with Crippen LogP contribution in [0, 0.1) is 23.7 Å². The summed E-state index contributed by atoms with van der Waals surface area (Å²) in [5.74, 6) is 3.98. The van der Waals surface area contributed by atoms with Crippen molar-refractivity contribution in [2.45, 2.75) is 63.5 Å².